The zero-order chi connectivity index (χ0) is 13.0. The Labute approximate surface area is 107 Å². The summed E-state index contributed by atoms with van der Waals surface area (Å²) in [4.78, 5) is 0. The lowest BCUT2D eigenvalue weighted by atomic mass is 10.1. The molecule has 0 unspecified atom stereocenters. The maximum atomic E-state index is 5.87. The van der Waals surface area contributed by atoms with Crippen LogP contribution in [0.2, 0.25) is 0 Å². The summed E-state index contributed by atoms with van der Waals surface area (Å²) in [5, 5.41) is 4.36. The second kappa shape index (κ2) is 5.89. The van der Waals surface area contributed by atoms with Crippen LogP contribution in [-0.4, -0.2) is 20.8 Å². The first-order valence-electron chi connectivity index (χ1n) is 6.08. The van der Waals surface area contributed by atoms with Gasteiger partial charge in [0, 0.05) is 24.1 Å². The van der Waals surface area contributed by atoms with Crippen LogP contribution < -0.4 is 10.1 Å². The van der Waals surface area contributed by atoms with E-state index in [1.54, 1.807) is 14.2 Å². The maximum absolute atomic E-state index is 5.87. The quantitative estimate of drug-likeness (QED) is 0.854. The Hall–Kier alpha value is -1.52. The first-order chi connectivity index (χ1) is 8.80. The molecule has 2 aromatic rings. The molecule has 0 bridgehead atoms. The molecule has 98 valence electrons. The summed E-state index contributed by atoms with van der Waals surface area (Å²) in [6.45, 7) is 4.25. The van der Waals surface area contributed by atoms with E-state index in [1.807, 2.05) is 18.2 Å². The molecule has 0 radical (unpaired) electrons. The van der Waals surface area contributed by atoms with Crippen LogP contribution in [0.1, 0.15) is 18.2 Å². The number of hydrogen-bond donors (Lipinski definition) is 1. The maximum Gasteiger partial charge on any atom is 0.138 e. The van der Waals surface area contributed by atoms with Crippen LogP contribution in [0.15, 0.2) is 22.6 Å². The molecule has 0 saturated carbocycles. The number of rotatable bonds is 6. The third-order valence-electron chi connectivity index (χ3n) is 2.91. The van der Waals surface area contributed by atoms with Crippen LogP contribution in [0.25, 0.3) is 11.0 Å². The Morgan fingerprint density at radius 3 is 2.78 bits per heavy atom. The van der Waals surface area contributed by atoms with Gasteiger partial charge in [0.25, 0.3) is 0 Å². The van der Waals surface area contributed by atoms with Gasteiger partial charge < -0.3 is 19.2 Å². The number of hydrogen-bond acceptors (Lipinski definition) is 4. The van der Waals surface area contributed by atoms with Gasteiger partial charge in [0.2, 0.25) is 0 Å². The molecule has 0 spiro atoms. The van der Waals surface area contributed by atoms with Crippen molar-refractivity contribution in [1.29, 1.82) is 0 Å². The smallest absolute Gasteiger partial charge is 0.138 e. The topological polar surface area (TPSA) is 43.6 Å². The highest BCUT2D eigenvalue weighted by Gasteiger charge is 2.14. The zero-order valence-corrected chi connectivity index (χ0v) is 11.1. The van der Waals surface area contributed by atoms with Gasteiger partial charge in [0.1, 0.15) is 17.1 Å². The van der Waals surface area contributed by atoms with Crippen LogP contribution in [0.4, 0.5) is 0 Å². The molecule has 0 fully saturated rings. The summed E-state index contributed by atoms with van der Waals surface area (Å²) in [6, 6.07) is 5.86. The lowest BCUT2D eigenvalue weighted by Crippen LogP contribution is -2.12. The molecule has 0 amide bonds. The fourth-order valence-electron chi connectivity index (χ4n) is 1.99. The molecule has 0 aliphatic rings. The van der Waals surface area contributed by atoms with Crippen molar-refractivity contribution in [3.8, 4) is 5.75 Å². The number of benzene rings is 1. The minimum atomic E-state index is 0.556. The molecule has 4 heteroatoms. The van der Waals surface area contributed by atoms with E-state index in [0.717, 1.165) is 34.6 Å². The SMILES string of the molecule is CCNCc1oc2cc(OC)ccc2c1COC. The minimum absolute atomic E-state index is 0.556. The molecule has 1 aromatic carbocycles. The second-order valence-corrected chi connectivity index (χ2v) is 4.08. The first-order valence-corrected chi connectivity index (χ1v) is 6.08. The first kappa shape index (κ1) is 12.9. The Balaban J connectivity index is 2.44. The molecule has 1 aromatic heterocycles. The van der Waals surface area contributed by atoms with Crippen LogP contribution >= 0.6 is 0 Å². The van der Waals surface area contributed by atoms with Gasteiger partial charge in [0.05, 0.1) is 20.3 Å². The average Bonchev–Trinajstić information content (AvgIpc) is 2.74. The Kier molecular flexibility index (Phi) is 4.23. The molecule has 18 heavy (non-hydrogen) atoms. The third-order valence-corrected chi connectivity index (χ3v) is 2.91. The van der Waals surface area contributed by atoms with Crippen molar-refractivity contribution < 1.29 is 13.9 Å². The summed E-state index contributed by atoms with van der Waals surface area (Å²) in [7, 11) is 3.35. The molecule has 4 nitrogen and oxygen atoms in total. The van der Waals surface area contributed by atoms with E-state index in [0.29, 0.717) is 13.2 Å². The van der Waals surface area contributed by atoms with E-state index >= 15 is 0 Å². The lowest BCUT2D eigenvalue weighted by molar-refractivity contribution is 0.183. The van der Waals surface area contributed by atoms with Gasteiger partial charge in [0.15, 0.2) is 0 Å². The van der Waals surface area contributed by atoms with Gasteiger partial charge in [-0.05, 0) is 18.7 Å². The van der Waals surface area contributed by atoms with E-state index in [4.69, 9.17) is 13.9 Å². The summed E-state index contributed by atoms with van der Waals surface area (Å²) in [6.07, 6.45) is 0. The summed E-state index contributed by atoms with van der Waals surface area (Å²) in [5.74, 6) is 1.73. The van der Waals surface area contributed by atoms with Crippen molar-refractivity contribution in [3.63, 3.8) is 0 Å². The predicted molar refractivity (Wildman–Crippen MR) is 70.9 cm³/mol. The van der Waals surface area contributed by atoms with Gasteiger partial charge in [-0.2, -0.15) is 0 Å². The molecule has 0 saturated heterocycles. The number of ether oxygens (including phenoxy) is 2. The molecular weight excluding hydrogens is 230 g/mol. The molecular formula is C14H19NO3. The van der Waals surface area contributed by atoms with Crippen LogP contribution in [0.5, 0.6) is 5.75 Å². The number of methoxy groups -OCH3 is 2. The standard InChI is InChI=1S/C14H19NO3/c1-4-15-8-14-12(9-16-2)11-6-5-10(17-3)7-13(11)18-14/h5-7,15H,4,8-9H2,1-3H3. The zero-order valence-electron chi connectivity index (χ0n) is 11.1. The van der Waals surface area contributed by atoms with E-state index in [9.17, 15) is 0 Å². The predicted octanol–water partition coefficient (Wildman–Crippen LogP) is 2.70. The van der Waals surface area contributed by atoms with E-state index in [1.165, 1.54) is 0 Å². The van der Waals surface area contributed by atoms with Gasteiger partial charge in [-0.15, -0.1) is 0 Å². The summed E-state index contributed by atoms with van der Waals surface area (Å²) in [5.41, 5.74) is 1.95. The fraction of sp³-hybridized carbons (Fsp3) is 0.429. The average molecular weight is 249 g/mol. The van der Waals surface area contributed by atoms with Crippen LogP contribution in [0, 0.1) is 0 Å². The van der Waals surface area contributed by atoms with Gasteiger partial charge in [-0.25, -0.2) is 0 Å². The summed E-state index contributed by atoms with van der Waals surface area (Å²) < 4.78 is 16.3. The van der Waals surface area contributed by atoms with E-state index in [2.05, 4.69) is 12.2 Å². The molecule has 0 aliphatic heterocycles. The van der Waals surface area contributed by atoms with Crippen LogP contribution in [0.3, 0.4) is 0 Å². The lowest BCUT2D eigenvalue weighted by Gasteiger charge is -2.02. The summed E-state index contributed by atoms with van der Waals surface area (Å²) >= 11 is 0. The largest absolute Gasteiger partial charge is 0.497 e. The Morgan fingerprint density at radius 1 is 1.28 bits per heavy atom. The van der Waals surface area contributed by atoms with Gasteiger partial charge in [-0.3, -0.25) is 0 Å². The number of furan rings is 1. The normalized spacial score (nSPS) is 11.1. The van der Waals surface area contributed by atoms with Crippen molar-refractivity contribution >= 4 is 11.0 Å². The van der Waals surface area contributed by atoms with E-state index < -0.39 is 0 Å². The minimum Gasteiger partial charge on any atom is -0.497 e. The molecule has 1 heterocycles. The van der Waals surface area contributed by atoms with Crippen molar-refractivity contribution in [2.75, 3.05) is 20.8 Å². The third kappa shape index (κ3) is 2.49. The molecule has 1 N–H and O–H groups in total. The van der Waals surface area contributed by atoms with E-state index in [-0.39, 0.29) is 0 Å². The van der Waals surface area contributed by atoms with Crippen molar-refractivity contribution in [3.05, 3.63) is 29.5 Å². The highest BCUT2D eigenvalue weighted by atomic mass is 16.5. The monoisotopic (exact) mass is 249 g/mol. The van der Waals surface area contributed by atoms with Crippen molar-refractivity contribution in [1.82, 2.24) is 5.32 Å². The van der Waals surface area contributed by atoms with Crippen molar-refractivity contribution in [2.24, 2.45) is 0 Å². The molecule has 0 atom stereocenters. The van der Waals surface area contributed by atoms with Gasteiger partial charge in [-0.1, -0.05) is 6.92 Å². The Morgan fingerprint density at radius 2 is 2.11 bits per heavy atom. The highest BCUT2D eigenvalue weighted by Crippen LogP contribution is 2.29. The Bertz CT molecular complexity index is 519. The number of nitrogens with one attached hydrogen (secondary N) is 1. The highest BCUT2D eigenvalue weighted by molar-refractivity contribution is 5.83. The number of fused-ring (bicyclic) bond motifs is 1. The van der Waals surface area contributed by atoms with Gasteiger partial charge >= 0.3 is 0 Å². The molecule has 0 aliphatic carbocycles. The fourth-order valence-corrected chi connectivity index (χ4v) is 1.99. The van der Waals surface area contributed by atoms with Crippen molar-refractivity contribution in [2.45, 2.75) is 20.1 Å². The second-order valence-electron chi connectivity index (χ2n) is 4.08. The van der Waals surface area contributed by atoms with Crippen LogP contribution in [-0.2, 0) is 17.9 Å². The molecule has 2 rings (SSSR count).